The van der Waals surface area contributed by atoms with Gasteiger partial charge in [-0.1, -0.05) is 24.3 Å². The number of para-hydroxylation sites is 1. The Morgan fingerprint density at radius 2 is 1.56 bits per heavy atom. The summed E-state index contributed by atoms with van der Waals surface area (Å²) in [5.41, 5.74) is 1.42. The van der Waals surface area contributed by atoms with Crippen LogP contribution < -0.4 is 14.8 Å². The molecule has 0 radical (unpaired) electrons. The standard InChI is InChI=1S/C32H32N4O5/c1-40-26-9-4-10-27(41-2)28(26)25-17-23(35-36(25)24-8-3-6-20-7-5-11-33-29(20)24)30(37)34-32(31(38)39)21-13-18-12-19(15-21)16-22(32)14-18/h3-11,17-19,21-22H,12-16H2,1-2H3,(H,34,37)(H,38,39). The highest BCUT2D eigenvalue weighted by Crippen LogP contribution is 2.58. The quantitative estimate of drug-likeness (QED) is 0.327. The number of hydrogen-bond donors (Lipinski definition) is 2. The Labute approximate surface area is 237 Å². The van der Waals surface area contributed by atoms with Crippen molar-refractivity contribution in [2.75, 3.05) is 14.2 Å². The number of methoxy groups -OCH3 is 2. The van der Waals surface area contributed by atoms with Gasteiger partial charge in [0.15, 0.2) is 5.69 Å². The largest absolute Gasteiger partial charge is 0.496 e. The van der Waals surface area contributed by atoms with E-state index in [1.54, 1.807) is 31.2 Å². The number of hydrogen-bond acceptors (Lipinski definition) is 6. The predicted octanol–water partition coefficient (Wildman–Crippen LogP) is 5.11. The molecule has 2 N–H and O–H groups in total. The molecule has 2 aromatic heterocycles. The summed E-state index contributed by atoms with van der Waals surface area (Å²) in [5.74, 6) is 0.638. The van der Waals surface area contributed by atoms with E-state index < -0.39 is 17.4 Å². The van der Waals surface area contributed by atoms with Gasteiger partial charge in [0.05, 0.1) is 36.7 Å². The normalized spacial score (nSPS) is 26.2. The summed E-state index contributed by atoms with van der Waals surface area (Å²) >= 11 is 0. The second-order valence-electron chi connectivity index (χ2n) is 11.6. The van der Waals surface area contributed by atoms with Gasteiger partial charge in [-0.25, -0.2) is 9.48 Å². The SMILES string of the molecule is COc1cccc(OC)c1-c1cc(C(=O)NC2(C(=O)O)C3CC4CC(C3)CC2C4)nn1-c1cccc2cccnc12. The van der Waals surface area contributed by atoms with E-state index in [0.717, 1.165) is 31.1 Å². The number of rotatable bonds is 7. The molecule has 4 bridgehead atoms. The highest BCUT2D eigenvalue weighted by atomic mass is 16.5. The van der Waals surface area contributed by atoms with Crippen LogP contribution in [0.2, 0.25) is 0 Å². The number of amides is 1. The molecule has 0 atom stereocenters. The third-order valence-corrected chi connectivity index (χ3v) is 9.57. The van der Waals surface area contributed by atoms with Crippen LogP contribution in [0.3, 0.4) is 0 Å². The van der Waals surface area contributed by atoms with Crippen LogP contribution in [0.4, 0.5) is 0 Å². The van der Waals surface area contributed by atoms with Crippen molar-refractivity contribution in [1.82, 2.24) is 20.1 Å². The molecule has 41 heavy (non-hydrogen) atoms. The monoisotopic (exact) mass is 552 g/mol. The predicted molar refractivity (Wildman–Crippen MR) is 152 cm³/mol. The van der Waals surface area contributed by atoms with Gasteiger partial charge in [-0.15, -0.1) is 0 Å². The number of nitrogens with zero attached hydrogens (tertiary/aromatic N) is 3. The van der Waals surface area contributed by atoms with E-state index in [1.165, 1.54) is 6.42 Å². The molecule has 8 rings (SSSR count). The lowest BCUT2D eigenvalue weighted by Crippen LogP contribution is -2.70. The Kier molecular flexibility index (Phi) is 5.99. The number of carbonyl (C=O) groups is 2. The van der Waals surface area contributed by atoms with Crippen LogP contribution in [0.25, 0.3) is 27.8 Å². The van der Waals surface area contributed by atoms with Crippen LogP contribution >= 0.6 is 0 Å². The number of ether oxygens (including phenoxy) is 2. The fourth-order valence-corrected chi connectivity index (χ4v) is 8.00. The van der Waals surface area contributed by atoms with Gasteiger partial charge in [0, 0.05) is 11.6 Å². The second kappa shape index (κ2) is 9.61. The topological polar surface area (TPSA) is 116 Å². The fraction of sp³-hybridized carbons (Fsp3) is 0.375. The van der Waals surface area contributed by atoms with Crippen LogP contribution in [-0.2, 0) is 4.79 Å². The summed E-state index contributed by atoms with van der Waals surface area (Å²) in [5, 5.41) is 19.3. The molecule has 9 heteroatoms. The molecule has 4 aliphatic carbocycles. The minimum absolute atomic E-state index is 0.0710. The molecule has 2 heterocycles. The van der Waals surface area contributed by atoms with Gasteiger partial charge in [-0.05, 0) is 86.1 Å². The van der Waals surface area contributed by atoms with Gasteiger partial charge in [0.25, 0.3) is 5.91 Å². The van der Waals surface area contributed by atoms with Crippen LogP contribution in [0, 0.1) is 23.7 Å². The zero-order valence-electron chi connectivity index (χ0n) is 23.0. The number of carboxylic acid groups (broad SMARTS) is 1. The first kappa shape index (κ1) is 25.6. The second-order valence-corrected chi connectivity index (χ2v) is 11.6. The number of carboxylic acids is 1. The molecule has 2 aromatic carbocycles. The molecule has 210 valence electrons. The summed E-state index contributed by atoms with van der Waals surface area (Å²) in [7, 11) is 3.16. The van der Waals surface area contributed by atoms with Gasteiger partial charge in [0.2, 0.25) is 0 Å². The van der Waals surface area contributed by atoms with Crippen molar-refractivity contribution in [1.29, 1.82) is 0 Å². The van der Waals surface area contributed by atoms with E-state index in [9.17, 15) is 14.7 Å². The Morgan fingerprint density at radius 3 is 2.20 bits per heavy atom. The molecule has 9 nitrogen and oxygen atoms in total. The van der Waals surface area contributed by atoms with Gasteiger partial charge >= 0.3 is 5.97 Å². The minimum Gasteiger partial charge on any atom is -0.496 e. The first-order chi connectivity index (χ1) is 19.9. The van der Waals surface area contributed by atoms with Crippen molar-refractivity contribution >= 4 is 22.8 Å². The lowest BCUT2D eigenvalue weighted by atomic mass is 9.48. The summed E-state index contributed by atoms with van der Waals surface area (Å²) in [4.78, 5) is 31.6. The molecule has 4 aliphatic rings. The third-order valence-electron chi connectivity index (χ3n) is 9.57. The van der Waals surface area contributed by atoms with E-state index >= 15 is 0 Å². The molecule has 0 spiro atoms. The Balaban J connectivity index is 1.37. The van der Waals surface area contributed by atoms with Crippen molar-refractivity contribution in [2.45, 2.75) is 37.6 Å². The number of fused-ring (bicyclic) bond motifs is 1. The summed E-state index contributed by atoms with van der Waals surface area (Å²) < 4.78 is 13.1. The molecule has 4 aromatic rings. The fourth-order valence-electron chi connectivity index (χ4n) is 8.00. The Hall–Kier alpha value is -4.40. The average Bonchev–Trinajstić information content (AvgIpc) is 3.42. The number of aliphatic carboxylic acids is 1. The molecule has 4 fully saturated rings. The highest BCUT2D eigenvalue weighted by molar-refractivity contribution is 5.98. The van der Waals surface area contributed by atoms with Crippen molar-refractivity contribution in [3.05, 3.63) is 66.5 Å². The van der Waals surface area contributed by atoms with Crippen molar-refractivity contribution in [3.8, 4) is 28.4 Å². The summed E-state index contributed by atoms with van der Waals surface area (Å²) in [6.45, 7) is 0. The van der Waals surface area contributed by atoms with Gasteiger partial charge in [-0.3, -0.25) is 9.78 Å². The number of nitrogens with one attached hydrogen (secondary N) is 1. The maximum Gasteiger partial charge on any atom is 0.330 e. The maximum absolute atomic E-state index is 14.0. The molecular weight excluding hydrogens is 520 g/mol. The molecule has 0 saturated heterocycles. The minimum atomic E-state index is -1.28. The van der Waals surface area contributed by atoms with E-state index in [1.807, 2.05) is 48.5 Å². The first-order valence-corrected chi connectivity index (χ1v) is 14.1. The van der Waals surface area contributed by atoms with Gasteiger partial charge < -0.3 is 19.9 Å². The number of pyridine rings is 1. The third kappa shape index (κ3) is 3.89. The van der Waals surface area contributed by atoms with Crippen LogP contribution in [0.15, 0.2) is 60.8 Å². The zero-order chi connectivity index (χ0) is 28.3. The summed E-state index contributed by atoms with van der Waals surface area (Å²) in [6.07, 6.45) is 6.29. The van der Waals surface area contributed by atoms with E-state index in [0.29, 0.717) is 45.8 Å². The average molecular weight is 553 g/mol. The van der Waals surface area contributed by atoms with Gasteiger partial charge in [0.1, 0.15) is 17.0 Å². The smallest absolute Gasteiger partial charge is 0.330 e. The molecular formula is C32H32N4O5. The van der Waals surface area contributed by atoms with Crippen molar-refractivity contribution in [2.24, 2.45) is 23.7 Å². The maximum atomic E-state index is 14.0. The van der Waals surface area contributed by atoms with E-state index in [4.69, 9.17) is 14.6 Å². The lowest BCUT2D eigenvalue weighted by molar-refractivity contribution is -0.163. The van der Waals surface area contributed by atoms with Gasteiger partial charge in [-0.2, -0.15) is 5.10 Å². The van der Waals surface area contributed by atoms with Crippen LogP contribution in [-0.4, -0.2) is 51.5 Å². The van der Waals surface area contributed by atoms with Crippen molar-refractivity contribution in [3.63, 3.8) is 0 Å². The Bertz CT molecular complexity index is 1620. The molecule has 0 unspecified atom stereocenters. The van der Waals surface area contributed by atoms with Crippen LogP contribution in [0.1, 0.15) is 42.6 Å². The molecule has 1 amide bonds. The lowest BCUT2D eigenvalue weighted by Gasteiger charge is -2.59. The summed E-state index contributed by atoms with van der Waals surface area (Å²) in [6, 6.07) is 16.8. The number of carbonyl (C=O) groups excluding carboxylic acids is 1. The van der Waals surface area contributed by atoms with Crippen molar-refractivity contribution < 1.29 is 24.2 Å². The highest BCUT2D eigenvalue weighted by Gasteiger charge is 2.62. The zero-order valence-corrected chi connectivity index (χ0v) is 23.0. The van der Waals surface area contributed by atoms with Crippen LogP contribution in [0.5, 0.6) is 11.5 Å². The Morgan fingerprint density at radius 1 is 0.927 bits per heavy atom. The van der Waals surface area contributed by atoms with E-state index in [2.05, 4.69) is 10.3 Å². The molecule has 0 aliphatic heterocycles. The number of benzene rings is 2. The van der Waals surface area contributed by atoms with E-state index in [-0.39, 0.29) is 17.5 Å². The first-order valence-electron chi connectivity index (χ1n) is 14.1. The number of aromatic nitrogens is 3. The molecule has 4 saturated carbocycles.